The summed E-state index contributed by atoms with van der Waals surface area (Å²) in [5.74, 6) is 0.378. The minimum Gasteiger partial charge on any atom is -0.507 e. The van der Waals surface area contributed by atoms with Crippen molar-refractivity contribution in [2.24, 2.45) is 0 Å². The maximum Gasteiger partial charge on any atom is 0.123 e. The molecule has 0 radical (unpaired) electrons. The molecule has 108 valence electrons. The normalized spacial score (nSPS) is 12.0. The zero-order valence-electron chi connectivity index (χ0n) is 12.6. The molecule has 0 saturated carbocycles. The van der Waals surface area contributed by atoms with Crippen molar-refractivity contribution in [2.45, 2.75) is 19.8 Å². The largest absolute Gasteiger partial charge is 0.507 e. The standard InChI is InChI=1S/C21H18O/c1-2-14-10-11-19(21(22)12-14)18-9-5-8-17-16-7-4-3-6-15(16)13-20(17)18/h3-12,22H,2,13H2,1H3. The highest BCUT2D eigenvalue weighted by atomic mass is 16.3. The van der Waals surface area contributed by atoms with Crippen LogP contribution in [0.1, 0.15) is 23.6 Å². The summed E-state index contributed by atoms with van der Waals surface area (Å²) in [6.07, 6.45) is 1.88. The number of hydrogen-bond donors (Lipinski definition) is 1. The van der Waals surface area contributed by atoms with E-state index in [9.17, 15) is 5.11 Å². The molecule has 1 heteroatoms. The molecule has 0 saturated heterocycles. The Kier molecular flexibility index (Phi) is 3.00. The highest BCUT2D eigenvalue weighted by Gasteiger charge is 2.21. The summed E-state index contributed by atoms with van der Waals surface area (Å²) in [6.45, 7) is 2.10. The van der Waals surface area contributed by atoms with E-state index in [-0.39, 0.29) is 0 Å². The fourth-order valence-electron chi connectivity index (χ4n) is 3.43. The van der Waals surface area contributed by atoms with Crippen LogP contribution in [0.5, 0.6) is 5.75 Å². The maximum absolute atomic E-state index is 10.4. The molecule has 0 aliphatic heterocycles. The molecule has 22 heavy (non-hydrogen) atoms. The number of phenols is 1. The fraction of sp³-hybridized carbons (Fsp3) is 0.143. The summed E-state index contributed by atoms with van der Waals surface area (Å²) in [6, 6.07) is 21.0. The molecule has 3 aromatic carbocycles. The second-order valence-electron chi connectivity index (χ2n) is 5.87. The fourth-order valence-corrected chi connectivity index (χ4v) is 3.43. The zero-order chi connectivity index (χ0) is 15.1. The molecule has 0 bridgehead atoms. The van der Waals surface area contributed by atoms with Gasteiger partial charge in [-0.1, -0.05) is 61.5 Å². The molecule has 0 atom stereocenters. The summed E-state index contributed by atoms with van der Waals surface area (Å²) in [4.78, 5) is 0. The molecule has 0 heterocycles. The van der Waals surface area contributed by atoms with E-state index in [4.69, 9.17) is 0 Å². The molecule has 0 amide bonds. The third-order valence-electron chi connectivity index (χ3n) is 4.61. The SMILES string of the molecule is CCc1ccc(-c2cccc3c2Cc2ccccc2-3)c(O)c1. The van der Waals surface area contributed by atoms with E-state index in [1.807, 2.05) is 12.1 Å². The molecule has 0 spiro atoms. The van der Waals surface area contributed by atoms with Gasteiger partial charge < -0.3 is 5.11 Å². The van der Waals surface area contributed by atoms with Gasteiger partial charge in [-0.3, -0.25) is 0 Å². The molecule has 4 rings (SSSR count). The Labute approximate surface area is 130 Å². The Morgan fingerprint density at radius 1 is 0.818 bits per heavy atom. The van der Waals surface area contributed by atoms with E-state index in [1.54, 1.807) is 0 Å². The van der Waals surface area contributed by atoms with Crippen molar-refractivity contribution in [3.63, 3.8) is 0 Å². The summed E-state index contributed by atoms with van der Waals surface area (Å²) < 4.78 is 0. The molecule has 0 unspecified atom stereocenters. The van der Waals surface area contributed by atoms with Crippen molar-refractivity contribution in [1.29, 1.82) is 0 Å². The summed E-state index contributed by atoms with van der Waals surface area (Å²) in [5.41, 5.74) is 8.56. The van der Waals surface area contributed by atoms with Crippen molar-refractivity contribution < 1.29 is 5.11 Å². The molecule has 1 nitrogen and oxygen atoms in total. The lowest BCUT2D eigenvalue weighted by Gasteiger charge is -2.11. The third kappa shape index (κ3) is 1.93. The van der Waals surface area contributed by atoms with Gasteiger partial charge in [0.05, 0.1) is 0 Å². The van der Waals surface area contributed by atoms with E-state index in [2.05, 4.69) is 55.5 Å². The quantitative estimate of drug-likeness (QED) is 0.537. The van der Waals surface area contributed by atoms with Crippen LogP contribution in [0.2, 0.25) is 0 Å². The smallest absolute Gasteiger partial charge is 0.123 e. The first kappa shape index (κ1) is 13.1. The van der Waals surface area contributed by atoms with Crippen molar-refractivity contribution in [3.05, 3.63) is 77.4 Å². The maximum atomic E-state index is 10.4. The Balaban J connectivity index is 1.89. The van der Waals surface area contributed by atoms with Gasteiger partial charge in [-0.2, -0.15) is 0 Å². The zero-order valence-corrected chi connectivity index (χ0v) is 12.6. The summed E-state index contributed by atoms with van der Waals surface area (Å²) >= 11 is 0. The Hall–Kier alpha value is -2.54. The van der Waals surface area contributed by atoms with E-state index in [1.165, 1.54) is 22.3 Å². The van der Waals surface area contributed by atoms with Crippen LogP contribution in [0.25, 0.3) is 22.3 Å². The highest BCUT2D eigenvalue weighted by Crippen LogP contribution is 2.43. The first-order chi connectivity index (χ1) is 10.8. The van der Waals surface area contributed by atoms with Gasteiger partial charge in [0.15, 0.2) is 0 Å². The molecule has 0 fully saturated rings. The van der Waals surface area contributed by atoms with Gasteiger partial charge in [-0.15, -0.1) is 0 Å². The topological polar surface area (TPSA) is 20.2 Å². The molecular weight excluding hydrogens is 268 g/mol. The lowest BCUT2D eigenvalue weighted by atomic mass is 9.94. The second-order valence-corrected chi connectivity index (χ2v) is 5.87. The van der Waals surface area contributed by atoms with E-state index < -0.39 is 0 Å². The average molecular weight is 286 g/mol. The first-order valence-electron chi connectivity index (χ1n) is 7.80. The average Bonchev–Trinajstić information content (AvgIpc) is 2.93. The van der Waals surface area contributed by atoms with Crippen LogP contribution in [0.3, 0.4) is 0 Å². The van der Waals surface area contributed by atoms with Gasteiger partial charge in [0.1, 0.15) is 5.75 Å². The lowest BCUT2D eigenvalue weighted by molar-refractivity contribution is 0.476. The van der Waals surface area contributed by atoms with E-state index in [0.29, 0.717) is 5.75 Å². The van der Waals surface area contributed by atoms with Gasteiger partial charge in [0.25, 0.3) is 0 Å². The van der Waals surface area contributed by atoms with Gasteiger partial charge in [-0.25, -0.2) is 0 Å². The number of rotatable bonds is 2. The van der Waals surface area contributed by atoms with Crippen LogP contribution >= 0.6 is 0 Å². The summed E-state index contributed by atoms with van der Waals surface area (Å²) in [5, 5.41) is 10.4. The second kappa shape index (κ2) is 5.03. The number of aryl methyl sites for hydroxylation is 1. The summed E-state index contributed by atoms with van der Waals surface area (Å²) in [7, 11) is 0. The van der Waals surface area contributed by atoms with Crippen LogP contribution in [0.4, 0.5) is 0 Å². The van der Waals surface area contributed by atoms with E-state index >= 15 is 0 Å². The lowest BCUT2D eigenvalue weighted by Crippen LogP contribution is -1.89. The Bertz CT molecular complexity index is 862. The van der Waals surface area contributed by atoms with Crippen LogP contribution in [-0.2, 0) is 12.8 Å². The number of hydrogen-bond acceptors (Lipinski definition) is 1. The minimum absolute atomic E-state index is 0.378. The third-order valence-corrected chi connectivity index (χ3v) is 4.61. The van der Waals surface area contributed by atoms with Crippen molar-refractivity contribution >= 4 is 0 Å². The van der Waals surface area contributed by atoms with Gasteiger partial charge >= 0.3 is 0 Å². The molecule has 1 aliphatic carbocycles. The predicted octanol–water partition coefficient (Wildman–Crippen LogP) is 5.19. The number of aromatic hydroxyl groups is 1. The van der Waals surface area contributed by atoms with Crippen LogP contribution in [0, 0.1) is 0 Å². The molecular formula is C21H18O. The van der Waals surface area contributed by atoms with Crippen molar-refractivity contribution in [3.8, 4) is 28.0 Å². The van der Waals surface area contributed by atoms with Gasteiger partial charge in [0, 0.05) is 5.56 Å². The Morgan fingerprint density at radius 2 is 1.55 bits per heavy atom. The van der Waals surface area contributed by atoms with Gasteiger partial charge in [0.2, 0.25) is 0 Å². The molecule has 1 N–H and O–H groups in total. The monoisotopic (exact) mass is 286 g/mol. The van der Waals surface area contributed by atoms with Crippen LogP contribution in [-0.4, -0.2) is 5.11 Å². The molecule has 1 aliphatic rings. The van der Waals surface area contributed by atoms with Crippen LogP contribution < -0.4 is 0 Å². The van der Waals surface area contributed by atoms with Crippen LogP contribution in [0.15, 0.2) is 60.7 Å². The molecule has 3 aromatic rings. The number of fused-ring (bicyclic) bond motifs is 3. The van der Waals surface area contributed by atoms with Crippen molar-refractivity contribution in [2.75, 3.05) is 0 Å². The van der Waals surface area contributed by atoms with Gasteiger partial charge in [-0.05, 0) is 52.3 Å². The Morgan fingerprint density at radius 3 is 2.32 bits per heavy atom. The highest BCUT2D eigenvalue weighted by molar-refractivity contribution is 5.86. The number of benzene rings is 3. The predicted molar refractivity (Wildman–Crippen MR) is 91.2 cm³/mol. The first-order valence-corrected chi connectivity index (χ1v) is 7.80. The van der Waals surface area contributed by atoms with Crippen molar-refractivity contribution in [1.82, 2.24) is 0 Å². The number of phenolic OH excluding ortho intramolecular Hbond substituents is 1. The van der Waals surface area contributed by atoms with E-state index in [0.717, 1.165) is 29.5 Å². The minimum atomic E-state index is 0.378. The molecule has 0 aromatic heterocycles.